The van der Waals surface area contributed by atoms with Gasteiger partial charge in [-0.1, -0.05) is 6.92 Å². The van der Waals surface area contributed by atoms with Gasteiger partial charge in [0.2, 0.25) is 0 Å². The highest BCUT2D eigenvalue weighted by atomic mass is 15.2. The molecule has 1 aliphatic rings. The Morgan fingerprint density at radius 1 is 1.44 bits per heavy atom. The van der Waals surface area contributed by atoms with Gasteiger partial charge in [-0.3, -0.25) is 4.98 Å². The second-order valence-corrected chi connectivity index (χ2v) is 5.35. The number of nitrogens with one attached hydrogen (secondary N) is 1. The number of aromatic nitrogens is 1. The molecule has 0 aromatic carbocycles. The van der Waals surface area contributed by atoms with Crippen LogP contribution in [0, 0.1) is 0 Å². The zero-order valence-corrected chi connectivity index (χ0v) is 12.0. The standard InChI is InChI=1S/C15H25N3/c1-5-13-7-6-11(2)18(13)14-8-9-15(17-10-14)12(3)16-4/h8-13,16H,5-7H2,1-4H3. The summed E-state index contributed by atoms with van der Waals surface area (Å²) in [6.07, 6.45) is 5.87. The summed E-state index contributed by atoms with van der Waals surface area (Å²) in [7, 11) is 1.97. The first-order chi connectivity index (χ1) is 8.67. The highest BCUT2D eigenvalue weighted by Crippen LogP contribution is 2.31. The predicted molar refractivity (Wildman–Crippen MR) is 77.0 cm³/mol. The van der Waals surface area contributed by atoms with Gasteiger partial charge in [-0.05, 0) is 52.3 Å². The molecule has 1 aromatic heterocycles. The number of anilines is 1. The van der Waals surface area contributed by atoms with Gasteiger partial charge in [-0.2, -0.15) is 0 Å². The molecular formula is C15H25N3. The minimum absolute atomic E-state index is 0.317. The summed E-state index contributed by atoms with van der Waals surface area (Å²) >= 11 is 0. The second kappa shape index (κ2) is 5.70. The zero-order valence-electron chi connectivity index (χ0n) is 12.0. The average Bonchev–Trinajstić information content (AvgIpc) is 2.79. The van der Waals surface area contributed by atoms with Crippen molar-refractivity contribution in [1.29, 1.82) is 0 Å². The summed E-state index contributed by atoms with van der Waals surface area (Å²) in [6.45, 7) is 6.73. The molecule has 18 heavy (non-hydrogen) atoms. The molecule has 2 rings (SSSR count). The van der Waals surface area contributed by atoms with Crippen molar-refractivity contribution in [3.8, 4) is 0 Å². The van der Waals surface area contributed by atoms with Gasteiger partial charge in [-0.15, -0.1) is 0 Å². The van der Waals surface area contributed by atoms with Crippen molar-refractivity contribution in [2.24, 2.45) is 0 Å². The molecule has 1 N–H and O–H groups in total. The highest BCUT2D eigenvalue weighted by Gasteiger charge is 2.29. The summed E-state index contributed by atoms with van der Waals surface area (Å²) in [5.74, 6) is 0. The molecule has 0 radical (unpaired) electrons. The lowest BCUT2D eigenvalue weighted by atomic mass is 10.1. The van der Waals surface area contributed by atoms with Crippen LogP contribution < -0.4 is 10.2 Å². The van der Waals surface area contributed by atoms with Gasteiger partial charge in [0, 0.05) is 18.1 Å². The Balaban J connectivity index is 2.18. The first-order valence-corrected chi connectivity index (χ1v) is 7.09. The molecule has 1 aromatic rings. The van der Waals surface area contributed by atoms with Gasteiger partial charge < -0.3 is 10.2 Å². The lowest BCUT2D eigenvalue weighted by Gasteiger charge is -2.30. The van der Waals surface area contributed by atoms with E-state index >= 15 is 0 Å². The van der Waals surface area contributed by atoms with Crippen LogP contribution in [0.25, 0.3) is 0 Å². The van der Waals surface area contributed by atoms with E-state index in [4.69, 9.17) is 0 Å². The molecule has 0 bridgehead atoms. The Morgan fingerprint density at radius 2 is 2.22 bits per heavy atom. The molecule has 3 unspecified atom stereocenters. The molecule has 0 saturated carbocycles. The molecule has 0 spiro atoms. The van der Waals surface area contributed by atoms with E-state index in [1.165, 1.54) is 24.9 Å². The number of nitrogens with zero attached hydrogens (tertiary/aromatic N) is 2. The maximum absolute atomic E-state index is 4.59. The van der Waals surface area contributed by atoms with Crippen molar-refractivity contribution >= 4 is 5.69 Å². The van der Waals surface area contributed by atoms with Crippen LogP contribution in [0.15, 0.2) is 18.3 Å². The van der Waals surface area contributed by atoms with Crippen LogP contribution in [-0.2, 0) is 0 Å². The molecule has 2 heterocycles. The first-order valence-electron chi connectivity index (χ1n) is 7.09. The predicted octanol–water partition coefficient (Wildman–Crippen LogP) is 3.13. The summed E-state index contributed by atoms with van der Waals surface area (Å²) in [5.41, 5.74) is 2.39. The number of rotatable bonds is 4. The Hall–Kier alpha value is -1.09. The Bertz CT molecular complexity index is 374. The minimum Gasteiger partial charge on any atom is -0.365 e. The van der Waals surface area contributed by atoms with E-state index in [0.29, 0.717) is 18.1 Å². The van der Waals surface area contributed by atoms with Crippen LogP contribution in [0.1, 0.15) is 51.8 Å². The van der Waals surface area contributed by atoms with Crippen LogP contribution in [-0.4, -0.2) is 24.1 Å². The monoisotopic (exact) mass is 247 g/mol. The normalized spacial score (nSPS) is 25.4. The van der Waals surface area contributed by atoms with Gasteiger partial charge in [0.05, 0.1) is 17.6 Å². The van der Waals surface area contributed by atoms with Crippen molar-refractivity contribution in [2.45, 2.75) is 58.2 Å². The topological polar surface area (TPSA) is 28.2 Å². The lowest BCUT2D eigenvalue weighted by molar-refractivity contribution is 0.619. The fraction of sp³-hybridized carbons (Fsp3) is 0.667. The molecule has 1 fully saturated rings. The van der Waals surface area contributed by atoms with Crippen LogP contribution >= 0.6 is 0 Å². The van der Waals surface area contributed by atoms with E-state index in [0.717, 1.165) is 5.69 Å². The third kappa shape index (κ3) is 2.51. The third-order valence-corrected chi connectivity index (χ3v) is 4.20. The van der Waals surface area contributed by atoms with Crippen LogP contribution in [0.3, 0.4) is 0 Å². The highest BCUT2D eigenvalue weighted by molar-refractivity contribution is 5.48. The van der Waals surface area contributed by atoms with E-state index in [2.05, 4.69) is 48.1 Å². The zero-order chi connectivity index (χ0) is 13.1. The van der Waals surface area contributed by atoms with Crippen molar-refractivity contribution in [3.63, 3.8) is 0 Å². The fourth-order valence-corrected chi connectivity index (χ4v) is 2.89. The average molecular weight is 247 g/mol. The van der Waals surface area contributed by atoms with Crippen LogP contribution in [0.2, 0.25) is 0 Å². The van der Waals surface area contributed by atoms with E-state index in [1.807, 2.05) is 13.2 Å². The summed E-state index contributed by atoms with van der Waals surface area (Å²) < 4.78 is 0. The largest absolute Gasteiger partial charge is 0.365 e. The van der Waals surface area contributed by atoms with Gasteiger partial charge in [0.25, 0.3) is 0 Å². The van der Waals surface area contributed by atoms with Crippen molar-refractivity contribution in [2.75, 3.05) is 11.9 Å². The molecule has 3 heteroatoms. The number of pyridine rings is 1. The minimum atomic E-state index is 0.317. The third-order valence-electron chi connectivity index (χ3n) is 4.20. The molecular weight excluding hydrogens is 222 g/mol. The van der Waals surface area contributed by atoms with Gasteiger partial charge >= 0.3 is 0 Å². The number of hydrogen-bond donors (Lipinski definition) is 1. The fourth-order valence-electron chi connectivity index (χ4n) is 2.89. The van der Waals surface area contributed by atoms with E-state index in [1.54, 1.807) is 0 Å². The molecule has 0 aliphatic carbocycles. The Morgan fingerprint density at radius 3 is 2.78 bits per heavy atom. The molecule has 0 amide bonds. The number of hydrogen-bond acceptors (Lipinski definition) is 3. The van der Waals surface area contributed by atoms with Gasteiger partial charge in [0.15, 0.2) is 0 Å². The maximum Gasteiger partial charge on any atom is 0.0571 e. The van der Waals surface area contributed by atoms with Crippen molar-refractivity contribution in [1.82, 2.24) is 10.3 Å². The summed E-state index contributed by atoms with van der Waals surface area (Å²) in [5, 5.41) is 3.22. The second-order valence-electron chi connectivity index (χ2n) is 5.35. The van der Waals surface area contributed by atoms with E-state index < -0.39 is 0 Å². The Kier molecular flexibility index (Phi) is 4.23. The maximum atomic E-state index is 4.59. The SMILES string of the molecule is CCC1CCC(C)N1c1ccc(C(C)NC)nc1. The molecule has 3 nitrogen and oxygen atoms in total. The Labute approximate surface area is 111 Å². The van der Waals surface area contributed by atoms with E-state index in [-0.39, 0.29) is 0 Å². The smallest absolute Gasteiger partial charge is 0.0571 e. The molecule has 100 valence electrons. The van der Waals surface area contributed by atoms with E-state index in [9.17, 15) is 0 Å². The van der Waals surface area contributed by atoms with Crippen LogP contribution in [0.4, 0.5) is 5.69 Å². The van der Waals surface area contributed by atoms with Gasteiger partial charge in [-0.25, -0.2) is 0 Å². The molecule has 1 saturated heterocycles. The van der Waals surface area contributed by atoms with Crippen molar-refractivity contribution < 1.29 is 0 Å². The summed E-state index contributed by atoms with van der Waals surface area (Å²) in [4.78, 5) is 7.14. The molecule has 3 atom stereocenters. The quantitative estimate of drug-likeness (QED) is 0.886. The summed E-state index contributed by atoms with van der Waals surface area (Å²) in [6, 6.07) is 6.02. The van der Waals surface area contributed by atoms with Crippen molar-refractivity contribution in [3.05, 3.63) is 24.0 Å². The van der Waals surface area contributed by atoms with Gasteiger partial charge in [0.1, 0.15) is 0 Å². The lowest BCUT2D eigenvalue weighted by Crippen LogP contribution is -2.34. The van der Waals surface area contributed by atoms with Crippen LogP contribution in [0.5, 0.6) is 0 Å². The first kappa shape index (κ1) is 13.3. The molecule has 1 aliphatic heterocycles.